The molecule has 5 nitrogen and oxygen atoms in total. The van der Waals surface area contributed by atoms with E-state index in [4.69, 9.17) is 11.6 Å². The van der Waals surface area contributed by atoms with Gasteiger partial charge in [-0.3, -0.25) is 0 Å². The zero-order valence-corrected chi connectivity index (χ0v) is 14.6. The molecule has 0 radical (unpaired) electrons. The van der Waals surface area contributed by atoms with E-state index in [2.05, 4.69) is 26.9 Å². The molecule has 3 aromatic rings. The van der Waals surface area contributed by atoms with Crippen molar-refractivity contribution in [2.24, 2.45) is 0 Å². The highest BCUT2D eigenvalue weighted by Gasteiger charge is 2.30. The molecule has 1 saturated heterocycles. The van der Waals surface area contributed by atoms with Gasteiger partial charge in [0.05, 0.1) is 5.56 Å². The van der Waals surface area contributed by atoms with Crippen LogP contribution in [-0.4, -0.2) is 32.2 Å². The summed E-state index contributed by atoms with van der Waals surface area (Å²) in [6.45, 7) is 4.38. The Labute approximate surface area is 148 Å². The van der Waals surface area contributed by atoms with Crippen LogP contribution in [-0.2, 0) is 0 Å². The number of halogens is 3. The van der Waals surface area contributed by atoms with Gasteiger partial charge in [-0.15, -0.1) is 0 Å². The first-order valence-corrected chi connectivity index (χ1v) is 8.47. The molecule has 1 aromatic carbocycles. The molecular weight excluding hydrogens is 348 g/mol. The second kappa shape index (κ2) is 5.91. The molecule has 0 N–H and O–H groups in total. The Morgan fingerprint density at radius 2 is 2.04 bits per heavy atom. The van der Waals surface area contributed by atoms with Gasteiger partial charge < -0.3 is 4.90 Å². The van der Waals surface area contributed by atoms with Crippen LogP contribution in [0.15, 0.2) is 18.5 Å². The summed E-state index contributed by atoms with van der Waals surface area (Å²) in [5.41, 5.74) is 0.653. The van der Waals surface area contributed by atoms with E-state index >= 15 is 0 Å². The lowest BCUT2D eigenvalue weighted by atomic mass is 10.0. The van der Waals surface area contributed by atoms with Crippen molar-refractivity contribution in [1.29, 1.82) is 0 Å². The van der Waals surface area contributed by atoms with E-state index < -0.39 is 11.6 Å². The quantitative estimate of drug-likeness (QED) is 0.645. The fourth-order valence-corrected chi connectivity index (χ4v) is 3.65. The first kappa shape index (κ1) is 16.2. The van der Waals surface area contributed by atoms with Crippen LogP contribution in [0.1, 0.15) is 25.3 Å². The molecule has 8 heteroatoms. The minimum Gasteiger partial charge on any atom is -0.353 e. The van der Waals surface area contributed by atoms with Crippen LogP contribution in [0.25, 0.3) is 16.9 Å². The van der Waals surface area contributed by atoms with E-state index in [1.54, 1.807) is 4.52 Å². The van der Waals surface area contributed by atoms with Gasteiger partial charge in [0.2, 0.25) is 0 Å². The van der Waals surface area contributed by atoms with Crippen LogP contribution in [0.5, 0.6) is 0 Å². The minimum absolute atomic E-state index is 0.0760. The fourth-order valence-electron chi connectivity index (χ4n) is 3.39. The molecule has 1 unspecified atom stereocenters. The van der Waals surface area contributed by atoms with Gasteiger partial charge in [-0.2, -0.15) is 19.6 Å². The number of aromatic nitrogens is 4. The van der Waals surface area contributed by atoms with Crippen LogP contribution < -0.4 is 4.90 Å². The van der Waals surface area contributed by atoms with E-state index in [0.717, 1.165) is 19.4 Å². The van der Waals surface area contributed by atoms with Gasteiger partial charge in [0.1, 0.15) is 28.9 Å². The summed E-state index contributed by atoms with van der Waals surface area (Å²) < 4.78 is 30.3. The standard InChI is InChI=1S/C17H16ClF2N5/c1-9-6-13(20)11(7-12(9)19)14-15(18)23-17-21-8-22-25(17)16(14)24-5-3-4-10(24)2/h6-8,10H,3-5H2,1-2H3. The van der Waals surface area contributed by atoms with Crippen molar-refractivity contribution < 1.29 is 8.78 Å². The molecule has 1 aliphatic heterocycles. The molecule has 1 aliphatic rings. The number of fused-ring (bicyclic) bond motifs is 1. The molecule has 25 heavy (non-hydrogen) atoms. The van der Waals surface area contributed by atoms with Gasteiger partial charge in [0.15, 0.2) is 0 Å². The van der Waals surface area contributed by atoms with Gasteiger partial charge in [-0.05, 0) is 44.4 Å². The van der Waals surface area contributed by atoms with Crippen molar-refractivity contribution in [2.45, 2.75) is 32.7 Å². The molecule has 0 bridgehead atoms. The van der Waals surface area contributed by atoms with Gasteiger partial charge in [-0.25, -0.2) is 8.78 Å². The lowest BCUT2D eigenvalue weighted by molar-refractivity contribution is 0.595. The molecule has 0 spiro atoms. The predicted molar refractivity (Wildman–Crippen MR) is 91.9 cm³/mol. The molecule has 1 fully saturated rings. The monoisotopic (exact) mass is 363 g/mol. The number of nitrogens with zero attached hydrogens (tertiary/aromatic N) is 5. The molecule has 130 valence electrons. The average molecular weight is 364 g/mol. The summed E-state index contributed by atoms with van der Waals surface area (Å²) in [5.74, 6) is -0.114. The molecule has 0 aliphatic carbocycles. The van der Waals surface area contributed by atoms with Crippen LogP contribution in [0.4, 0.5) is 14.6 Å². The summed E-state index contributed by atoms with van der Waals surface area (Å²) in [7, 11) is 0. The van der Waals surface area contributed by atoms with Crippen molar-refractivity contribution in [1.82, 2.24) is 19.6 Å². The van der Waals surface area contributed by atoms with Crippen molar-refractivity contribution in [2.75, 3.05) is 11.4 Å². The summed E-state index contributed by atoms with van der Waals surface area (Å²) in [5, 5.41) is 4.30. The second-order valence-electron chi connectivity index (χ2n) is 6.34. The van der Waals surface area contributed by atoms with Gasteiger partial charge >= 0.3 is 0 Å². The minimum atomic E-state index is -0.546. The van der Waals surface area contributed by atoms with Crippen LogP contribution in [0.3, 0.4) is 0 Å². The van der Waals surface area contributed by atoms with Crippen LogP contribution >= 0.6 is 11.6 Å². The third kappa shape index (κ3) is 2.54. The van der Waals surface area contributed by atoms with Gasteiger partial charge in [-0.1, -0.05) is 11.6 Å². The Bertz CT molecular complexity index is 971. The first-order chi connectivity index (χ1) is 12.0. The Morgan fingerprint density at radius 1 is 1.24 bits per heavy atom. The fraction of sp³-hybridized carbons (Fsp3) is 0.353. The number of hydrogen-bond acceptors (Lipinski definition) is 4. The smallest absolute Gasteiger partial charge is 0.255 e. The number of benzene rings is 1. The highest BCUT2D eigenvalue weighted by molar-refractivity contribution is 6.33. The average Bonchev–Trinajstić information content (AvgIpc) is 3.18. The Morgan fingerprint density at radius 3 is 2.76 bits per heavy atom. The third-order valence-corrected chi connectivity index (χ3v) is 4.97. The van der Waals surface area contributed by atoms with Gasteiger partial charge in [0, 0.05) is 18.2 Å². The lowest BCUT2D eigenvalue weighted by Gasteiger charge is -2.27. The van der Waals surface area contributed by atoms with Crippen molar-refractivity contribution >= 4 is 23.2 Å². The molecule has 2 aromatic heterocycles. The molecule has 0 amide bonds. The van der Waals surface area contributed by atoms with E-state index in [1.807, 2.05) is 0 Å². The SMILES string of the molecule is Cc1cc(F)c(-c2c(Cl)nc3ncnn3c2N2CCCC2C)cc1F. The summed E-state index contributed by atoms with van der Waals surface area (Å²) >= 11 is 6.38. The Kier molecular flexibility index (Phi) is 3.83. The van der Waals surface area contributed by atoms with Crippen LogP contribution in [0.2, 0.25) is 5.15 Å². The molecular formula is C17H16ClF2N5. The molecule has 0 saturated carbocycles. The van der Waals surface area contributed by atoms with E-state index in [9.17, 15) is 8.78 Å². The van der Waals surface area contributed by atoms with E-state index in [-0.39, 0.29) is 22.3 Å². The first-order valence-electron chi connectivity index (χ1n) is 8.09. The maximum Gasteiger partial charge on any atom is 0.255 e. The Hall–Kier alpha value is -2.28. The Balaban J connectivity index is 2.06. The van der Waals surface area contributed by atoms with E-state index in [1.165, 1.54) is 25.4 Å². The zero-order valence-electron chi connectivity index (χ0n) is 13.8. The van der Waals surface area contributed by atoms with Gasteiger partial charge in [0.25, 0.3) is 5.78 Å². The topological polar surface area (TPSA) is 46.3 Å². The van der Waals surface area contributed by atoms with Crippen molar-refractivity contribution in [3.63, 3.8) is 0 Å². The third-order valence-electron chi connectivity index (χ3n) is 4.70. The maximum atomic E-state index is 14.7. The highest BCUT2D eigenvalue weighted by Crippen LogP contribution is 2.40. The zero-order chi connectivity index (χ0) is 17.7. The number of rotatable bonds is 2. The number of anilines is 1. The maximum absolute atomic E-state index is 14.7. The van der Waals surface area contributed by atoms with Crippen molar-refractivity contribution in [3.05, 3.63) is 40.8 Å². The second-order valence-corrected chi connectivity index (χ2v) is 6.70. The highest BCUT2D eigenvalue weighted by atomic mass is 35.5. The summed E-state index contributed by atoms with van der Waals surface area (Å²) in [6.07, 6.45) is 3.38. The molecule has 1 atom stereocenters. The molecule has 3 heterocycles. The lowest BCUT2D eigenvalue weighted by Crippen LogP contribution is -2.29. The van der Waals surface area contributed by atoms with Crippen LogP contribution in [0, 0.1) is 18.6 Å². The largest absolute Gasteiger partial charge is 0.353 e. The number of hydrogen-bond donors (Lipinski definition) is 0. The summed E-state index contributed by atoms with van der Waals surface area (Å²) in [6, 6.07) is 2.56. The van der Waals surface area contributed by atoms with Crippen molar-refractivity contribution in [3.8, 4) is 11.1 Å². The van der Waals surface area contributed by atoms with E-state index in [0.29, 0.717) is 17.2 Å². The number of aryl methyl sites for hydroxylation is 1. The summed E-state index contributed by atoms with van der Waals surface area (Å²) in [4.78, 5) is 10.4. The normalized spacial score (nSPS) is 17.6. The molecule has 4 rings (SSSR count). The predicted octanol–water partition coefficient (Wildman–Crippen LogP) is 4.02.